The Bertz CT molecular complexity index is 482. The van der Waals surface area contributed by atoms with Crippen LogP contribution in [-0.4, -0.2) is 29.0 Å². The molecular formula is C14H22ClN3O2. The number of anilines is 1. The van der Waals surface area contributed by atoms with Crippen molar-refractivity contribution in [2.45, 2.75) is 44.6 Å². The number of nitrogens with one attached hydrogen (secondary N) is 1. The molecule has 0 aromatic carbocycles. The smallest absolute Gasteiger partial charge is 0.287 e. The molecule has 2 rings (SSSR count). The molecule has 0 saturated heterocycles. The summed E-state index contributed by atoms with van der Waals surface area (Å²) < 4.78 is 7.09. The van der Waals surface area contributed by atoms with Gasteiger partial charge in [0.25, 0.3) is 5.56 Å². The van der Waals surface area contributed by atoms with Crippen LogP contribution in [0.3, 0.4) is 0 Å². The van der Waals surface area contributed by atoms with Gasteiger partial charge in [0.15, 0.2) is 0 Å². The summed E-state index contributed by atoms with van der Waals surface area (Å²) in [6, 6.07) is 0. The van der Waals surface area contributed by atoms with Gasteiger partial charge in [0.1, 0.15) is 5.02 Å². The Morgan fingerprint density at radius 2 is 2.10 bits per heavy atom. The summed E-state index contributed by atoms with van der Waals surface area (Å²) in [7, 11) is 1.58. The highest BCUT2D eigenvalue weighted by molar-refractivity contribution is 6.32. The van der Waals surface area contributed by atoms with Crippen LogP contribution in [0, 0.1) is 0 Å². The average molecular weight is 300 g/mol. The van der Waals surface area contributed by atoms with Gasteiger partial charge in [0.2, 0.25) is 0 Å². The van der Waals surface area contributed by atoms with Crippen LogP contribution in [0.15, 0.2) is 11.0 Å². The first kappa shape index (κ1) is 15.3. The Kier molecular flexibility index (Phi) is 5.86. The number of ether oxygens (including phenoxy) is 1. The van der Waals surface area contributed by atoms with Crippen LogP contribution in [-0.2, 0) is 11.8 Å². The van der Waals surface area contributed by atoms with E-state index in [1.165, 1.54) is 30.4 Å². The minimum atomic E-state index is -0.290. The number of halogens is 1. The van der Waals surface area contributed by atoms with Crippen molar-refractivity contribution in [1.82, 2.24) is 9.78 Å². The first-order valence-corrected chi connectivity index (χ1v) is 7.63. The second-order valence-corrected chi connectivity index (χ2v) is 5.59. The summed E-state index contributed by atoms with van der Waals surface area (Å²) in [5.41, 5.74) is 0.278. The summed E-state index contributed by atoms with van der Waals surface area (Å²) >= 11 is 5.97. The molecular weight excluding hydrogens is 278 g/mol. The Balaban J connectivity index is 1.76. The summed E-state index contributed by atoms with van der Waals surface area (Å²) in [6.07, 6.45) is 9.46. The van der Waals surface area contributed by atoms with Gasteiger partial charge in [-0.05, 0) is 12.8 Å². The van der Waals surface area contributed by atoms with Gasteiger partial charge >= 0.3 is 0 Å². The van der Waals surface area contributed by atoms with Crippen molar-refractivity contribution in [2.75, 3.05) is 18.5 Å². The molecule has 1 aliphatic carbocycles. The van der Waals surface area contributed by atoms with E-state index in [2.05, 4.69) is 10.4 Å². The Morgan fingerprint density at radius 1 is 1.40 bits per heavy atom. The second-order valence-electron chi connectivity index (χ2n) is 5.21. The second kappa shape index (κ2) is 7.64. The zero-order chi connectivity index (χ0) is 14.4. The highest BCUT2D eigenvalue weighted by atomic mass is 35.5. The van der Waals surface area contributed by atoms with Crippen molar-refractivity contribution in [3.05, 3.63) is 21.6 Å². The molecule has 0 radical (unpaired) electrons. The first-order valence-electron chi connectivity index (χ1n) is 7.26. The molecule has 5 nitrogen and oxygen atoms in total. The quantitative estimate of drug-likeness (QED) is 0.671. The fourth-order valence-electron chi connectivity index (χ4n) is 2.45. The van der Waals surface area contributed by atoms with Crippen molar-refractivity contribution in [2.24, 2.45) is 7.05 Å². The Hall–Kier alpha value is -1.07. The van der Waals surface area contributed by atoms with Gasteiger partial charge in [0.05, 0.1) is 24.6 Å². The molecule has 0 atom stereocenters. The third kappa shape index (κ3) is 4.21. The number of hydrogen-bond acceptors (Lipinski definition) is 4. The molecule has 1 fully saturated rings. The minimum absolute atomic E-state index is 0.178. The van der Waals surface area contributed by atoms with E-state index >= 15 is 0 Å². The van der Waals surface area contributed by atoms with Gasteiger partial charge in [-0.1, -0.05) is 37.3 Å². The highest BCUT2D eigenvalue weighted by Gasteiger charge is 2.12. The molecule has 1 aromatic rings. The predicted octanol–water partition coefficient (Wildman–Crippen LogP) is 2.58. The van der Waals surface area contributed by atoms with Gasteiger partial charge in [-0.2, -0.15) is 5.10 Å². The number of hydrogen-bond donors (Lipinski definition) is 1. The molecule has 1 aromatic heterocycles. The summed E-state index contributed by atoms with van der Waals surface area (Å²) in [5, 5.41) is 7.22. The van der Waals surface area contributed by atoms with E-state index in [9.17, 15) is 4.79 Å². The zero-order valence-corrected chi connectivity index (χ0v) is 12.7. The van der Waals surface area contributed by atoms with Crippen molar-refractivity contribution in [3.63, 3.8) is 0 Å². The van der Waals surface area contributed by atoms with E-state index in [0.29, 0.717) is 24.9 Å². The van der Waals surface area contributed by atoms with E-state index in [1.54, 1.807) is 13.2 Å². The van der Waals surface area contributed by atoms with Gasteiger partial charge in [-0.3, -0.25) is 4.79 Å². The van der Waals surface area contributed by atoms with Gasteiger partial charge in [-0.25, -0.2) is 4.68 Å². The van der Waals surface area contributed by atoms with Crippen molar-refractivity contribution in [3.8, 4) is 0 Å². The molecule has 1 heterocycles. The number of nitrogens with zero attached hydrogens (tertiary/aromatic N) is 2. The van der Waals surface area contributed by atoms with E-state index in [4.69, 9.17) is 16.3 Å². The van der Waals surface area contributed by atoms with E-state index in [0.717, 1.165) is 12.8 Å². The maximum atomic E-state index is 11.6. The number of aryl methyl sites for hydroxylation is 1. The molecule has 0 unspecified atom stereocenters. The third-order valence-electron chi connectivity index (χ3n) is 3.65. The molecule has 1 aliphatic rings. The van der Waals surface area contributed by atoms with E-state index in [1.807, 2.05) is 0 Å². The number of aromatic nitrogens is 2. The monoisotopic (exact) mass is 299 g/mol. The molecule has 0 aliphatic heterocycles. The van der Waals surface area contributed by atoms with Crippen LogP contribution in [0.4, 0.5) is 5.69 Å². The molecule has 1 saturated carbocycles. The molecule has 20 heavy (non-hydrogen) atoms. The Morgan fingerprint density at radius 3 is 2.80 bits per heavy atom. The first-order chi connectivity index (χ1) is 9.68. The van der Waals surface area contributed by atoms with Crippen molar-refractivity contribution >= 4 is 17.3 Å². The normalized spacial score (nSPS) is 16.9. The highest BCUT2D eigenvalue weighted by Crippen LogP contribution is 2.20. The lowest BCUT2D eigenvalue weighted by Crippen LogP contribution is -2.22. The maximum absolute atomic E-state index is 11.6. The topological polar surface area (TPSA) is 56.1 Å². The van der Waals surface area contributed by atoms with Gasteiger partial charge in [-0.15, -0.1) is 0 Å². The fraction of sp³-hybridized carbons (Fsp3) is 0.714. The molecule has 6 heteroatoms. The van der Waals surface area contributed by atoms with Crippen LogP contribution in [0.1, 0.15) is 38.5 Å². The van der Waals surface area contributed by atoms with Crippen LogP contribution in [0.2, 0.25) is 5.02 Å². The third-order valence-corrected chi connectivity index (χ3v) is 4.02. The molecule has 0 amide bonds. The Labute approximate surface area is 124 Å². The maximum Gasteiger partial charge on any atom is 0.287 e. The molecule has 0 bridgehead atoms. The summed E-state index contributed by atoms with van der Waals surface area (Å²) in [6.45, 7) is 1.25. The molecule has 1 N–H and O–H groups in total. The van der Waals surface area contributed by atoms with Gasteiger partial charge < -0.3 is 10.1 Å². The van der Waals surface area contributed by atoms with Gasteiger partial charge in [0, 0.05) is 13.6 Å². The minimum Gasteiger partial charge on any atom is -0.380 e. The van der Waals surface area contributed by atoms with Crippen molar-refractivity contribution < 1.29 is 4.74 Å². The largest absolute Gasteiger partial charge is 0.380 e. The van der Waals surface area contributed by atoms with Crippen LogP contribution in [0.5, 0.6) is 0 Å². The molecule has 112 valence electrons. The standard InChI is InChI=1S/C14H22ClN3O2/c1-18-14(19)13(15)12(10-17-18)16-8-9-20-11-6-4-2-3-5-7-11/h10-11,16H,2-9H2,1H3. The molecule has 0 spiro atoms. The van der Waals surface area contributed by atoms with Crippen LogP contribution >= 0.6 is 11.6 Å². The van der Waals surface area contributed by atoms with Crippen LogP contribution in [0.25, 0.3) is 0 Å². The van der Waals surface area contributed by atoms with Crippen molar-refractivity contribution in [1.29, 1.82) is 0 Å². The summed E-state index contributed by atoms with van der Waals surface area (Å²) in [5.74, 6) is 0. The van der Waals surface area contributed by atoms with Crippen LogP contribution < -0.4 is 10.9 Å². The zero-order valence-electron chi connectivity index (χ0n) is 11.9. The lowest BCUT2D eigenvalue weighted by Gasteiger charge is -2.16. The van der Waals surface area contributed by atoms with E-state index in [-0.39, 0.29) is 10.6 Å². The fourth-order valence-corrected chi connectivity index (χ4v) is 2.69. The number of rotatable bonds is 5. The summed E-state index contributed by atoms with van der Waals surface area (Å²) in [4.78, 5) is 11.6. The lowest BCUT2D eigenvalue weighted by molar-refractivity contribution is 0.0501. The lowest BCUT2D eigenvalue weighted by atomic mass is 10.1. The van der Waals surface area contributed by atoms with E-state index < -0.39 is 0 Å². The average Bonchev–Trinajstić information content (AvgIpc) is 2.72. The SMILES string of the molecule is Cn1ncc(NCCOC2CCCCCC2)c(Cl)c1=O. The predicted molar refractivity (Wildman–Crippen MR) is 80.4 cm³/mol.